The van der Waals surface area contributed by atoms with Crippen molar-refractivity contribution in [2.24, 2.45) is 5.92 Å². The highest BCUT2D eigenvalue weighted by Crippen LogP contribution is 2.40. The van der Waals surface area contributed by atoms with E-state index in [1.165, 1.54) is 34.2 Å². The van der Waals surface area contributed by atoms with Gasteiger partial charge in [-0.15, -0.1) is 11.3 Å². The minimum Gasteiger partial charge on any atom is -0.353 e. The van der Waals surface area contributed by atoms with Gasteiger partial charge in [0, 0.05) is 37.6 Å². The summed E-state index contributed by atoms with van der Waals surface area (Å²) in [6.07, 6.45) is 5.35. The fourth-order valence-electron chi connectivity index (χ4n) is 4.47. The third-order valence-corrected chi connectivity index (χ3v) is 7.26. The number of halogens is 1. The fraction of sp³-hybridized carbons (Fsp3) is 0.455. The van der Waals surface area contributed by atoms with Crippen LogP contribution >= 0.6 is 11.3 Å². The van der Waals surface area contributed by atoms with Crippen LogP contribution in [-0.4, -0.2) is 41.0 Å². The average molecular weight is 397 g/mol. The number of hydrogen-bond donors (Lipinski definition) is 0. The average Bonchev–Trinajstić information content (AvgIpc) is 3.08. The van der Waals surface area contributed by atoms with Crippen LogP contribution in [0.3, 0.4) is 0 Å². The van der Waals surface area contributed by atoms with Crippen molar-refractivity contribution in [1.29, 1.82) is 0 Å². The molecule has 1 saturated heterocycles. The molecule has 1 aliphatic carbocycles. The summed E-state index contributed by atoms with van der Waals surface area (Å²) >= 11 is 1.86. The van der Waals surface area contributed by atoms with Gasteiger partial charge in [0.15, 0.2) is 0 Å². The van der Waals surface area contributed by atoms with E-state index in [4.69, 9.17) is 4.98 Å². The van der Waals surface area contributed by atoms with Gasteiger partial charge in [0.25, 0.3) is 0 Å². The molecular weight excluding hydrogens is 371 g/mol. The van der Waals surface area contributed by atoms with Crippen LogP contribution < -0.4 is 4.90 Å². The van der Waals surface area contributed by atoms with Crippen LogP contribution in [0.5, 0.6) is 0 Å². The van der Waals surface area contributed by atoms with Gasteiger partial charge in [-0.25, -0.2) is 14.4 Å². The molecule has 1 atom stereocenters. The first kappa shape index (κ1) is 18.0. The molecule has 2 aliphatic rings. The van der Waals surface area contributed by atoms with E-state index >= 15 is 0 Å². The minimum atomic E-state index is -0.172. The zero-order chi connectivity index (χ0) is 19.1. The predicted octanol–water partition coefficient (Wildman–Crippen LogP) is 4.28. The molecule has 0 N–H and O–H groups in total. The first-order chi connectivity index (χ1) is 13.7. The lowest BCUT2D eigenvalue weighted by atomic mass is 9.88. The van der Waals surface area contributed by atoms with E-state index in [1.54, 1.807) is 18.5 Å². The van der Waals surface area contributed by atoms with Gasteiger partial charge in [-0.05, 0) is 48.4 Å². The molecular formula is C22H25FN4S. The zero-order valence-corrected chi connectivity index (χ0v) is 17.0. The topological polar surface area (TPSA) is 32.3 Å². The number of fused-ring (bicyclic) bond motifs is 3. The summed E-state index contributed by atoms with van der Waals surface area (Å²) in [6, 6.07) is 6.86. The van der Waals surface area contributed by atoms with Gasteiger partial charge in [-0.1, -0.05) is 19.1 Å². The van der Waals surface area contributed by atoms with Crippen LogP contribution in [0.1, 0.15) is 29.3 Å². The largest absolute Gasteiger partial charge is 0.353 e. The van der Waals surface area contributed by atoms with Crippen LogP contribution in [0.4, 0.5) is 10.2 Å². The lowest BCUT2D eigenvalue weighted by Gasteiger charge is -2.35. The van der Waals surface area contributed by atoms with Crippen molar-refractivity contribution in [3.8, 4) is 0 Å². The summed E-state index contributed by atoms with van der Waals surface area (Å²) in [5.41, 5.74) is 2.67. The molecule has 0 bridgehead atoms. The zero-order valence-electron chi connectivity index (χ0n) is 16.2. The summed E-state index contributed by atoms with van der Waals surface area (Å²) in [6.45, 7) is 7.14. The number of nitrogens with zero attached hydrogens (tertiary/aromatic N) is 4. The lowest BCUT2D eigenvalue weighted by Crippen LogP contribution is -2.46. The summed E-state index contributed by atoms with van der Waals surface area (Å²) in [5, 5.41) is 1.31. The Labute approximate surface area is 169 Å². The molecule has 28 heavy (non-hydrogen) atoms. The van der Waals surface area contributed by atoms with Crippen molar-refractivity contribution in [2.75, 3.05) is 31.1 Å². The maximum Gasteiger partial charge on any atom is 0.141 e. The molecule has 1 aliphatic heterocycles. The Hall–Kier alpha value is -2.05. The number of piperazine rings is 1. The molecule has 2 aromatic heterocycles. The number of rotatable bonds is 3. The lowest BCUT2D eigenvalue weighted by molar-refractivity contribution is 0.249. The Morgan fingerprint density at radius 1 is 1.11 bits per heavy atom. The number of thiophene rings is 1. The van der Waals surface area contributed by atoms with Crippen LogP contribution in [0.2, 0.25) is 0 Å². The minimum absolute atomic E-state index is 0.172. The van der Waals surface area contributed by atoms with E-state index in [1.807, 2.05) is 23.5 Å². The van der Waals surface area contributed by atoms with Crippen LogP contribution in [0, 0.1) is 11.7 Å². The highest BCUT2D eigenvalue weighted by molar-refractivity contribution is 7.19. The quantitative estimate of drug-likeness (QED) is 0.662. The molecule has 5 rings (SSSR count). The molecule has 0 amide bonds. The first-order valence-electron chi connectivity index (χ1n) is 10.1. The van der Waals surface area contributed by atoms with Gasteiger partial charge in [-0.2, -0.15) is 0 Å². The standard InChI is InChI=1S/C22H25FN4S/c1-15-2-7-19-18(12-15)20-21(24-14-25-22(20)28-19)27-10-8-26(9-11-27)13-16-3-5-17(23)6-4-16/h3-6,14-15H,2,7-13H2,1H3/t15-/m0/s1. The molecule has 0 unspecified atom stereocenters. The van der Waals surface area contributed by atoms with Crippen molar-refractivity contribution in [1.82, 2.24) is 14.9 Å². The molecule has 0 radical (unpaired) electrons. The fourth-order valence-corrected chi connectivity index (χ4v) is 5.65. The summed E-state index contributed by atoms with van der Waals surface area (Å²) in [7, 11) is 0. The van der Waals surface area contributed by atoms with Crippen molar-refractivity contribution in [3.63, 3.8) is 0 Å². The molecule has 1 fully saturated rings. The molecule has 4 nitrogen and oxygen atoms in total. The van der Waals surface area contributed by atoms with Crippen LogP contribution in [0.15, 0.2) is 30.6 Å². The number of aromatic nitrogens is 2. The maximum absolute atomic E-state index is 13.1. The second-order valence-electron chi connectivity index (χ2n) is 8.12. The first-order valence-corrected chi connectivity index (χ1v) is 11.0. The van der Waals surface area contributed by atoms with Crippen molar-refractivity contribution in [2.45, 2.75) is 32.7 Å². The van der Waals surface area contributed by atoms with Gasteiger partial charge in [0.05, 0.1) is 5.39 Å². The third-order valence-electron chi connectivity index (χ3n) is 6.06. The number of hydrogen-bond acceptors (Lipinski definition) is 5. The van der Waals surface area contributed by atoms with E-state index in [-0.39, 0.29) is 5.82 Å². The van der Waals surface area contributed by atoms with Gasteiger partial charge >= 0.3 is 0 Å². The van der Waals surface area contributed by atoms with Crippen molar-refractivity contribution >= 4 is 27.4 Å². The maximum atomic E-state index is 13.1. The highest BCUT2D eigenvalue weighted by Gasteiger charge is 2.26. The molecule has 3 heterocycles. The normalized spacial score (nSPS) is 20.5. The second-order valence-corrected chi connectivity index (χ2v) is 9.20. The summed E-state index contributed by atoms with van der Waals surface area (Å²) in [4.78, 5) is 16.8. The van der Waals surface area contributed by atoms with E-state index in [0.29, 0.717) is 0 Å². The molecule has 146 valence electrons. The Balaban J connectivity index is 1.34. The molecule has 0 spiro atoms. The monoisotopic (exact) mass is 396 g/mol. The second kappa shape index (κ2) is 7.41. The van der Waals surface area contributed by atoms with E-state index < -0.39 is 0 Å². The van der Waals surface area contributed by atoms with Gasteiger partial charge < -0.3 is 4.90 Å². The third kappa shape index (κ3) is 3.40. The van der Waals surface area contributed by atoms with E-state index in [0.717, 1.165) is 55.7 Å². The smallest absolute Gasteiger partial charge is 0.141 e. The number of aryl methyl sites for hydroxylation is 1. The highest BCUT2D eigenvalue weighted by atomic mass is 32.1. The molecule has 3 aromatic rings. The van der Waals surface area contributed by atoms with Gasteiger partial charge in [-0.3, -0.25) is 4.90 Å². The molecule has 1 aromatic carbocycles. The summed E-state index contributed by atoms with van der Waals surface area (Å²) in [5.74, 6) is 1.69. The number of anilines is 1. The van der Waals surface area contributed by atoms with Crippen LogP contribution in [0.25, 0.3) is 10.2 Å². The van der Waals surface area contributed by atoms with Crippen molar-refractivity contribution in [3.05, 3.63) is 52.4 Å². The molecule has 6 heteroatoms. The van der Waals surface area contributed by atoms with Crippen LogP contribution in [-0.2, 0) is 19.4 Å². The SMILES string of the molecule is C[C@H]1CCc2sc3ncnc(N4CCN(Cc5ccc(F)cc5)CC4)c3c2C1. The molecule has 0 saturated carbocycles. The Morgan fingerprint density at radius 2 is 1.89 bits per heavy atom. The Bertz CT molecular complexity index is 976. The predicted molar refractivity (Wildman–Crippen MR) is 112 cm³/mol. The Morgan fingerprint density at radius 3 is 2.68 bits per heavy atom. The van der Waals surface area contributed by atoms with E-state index in [9.17, 15) is 4.39 Å². The van der Waals surface area contributed by atoms with Gasteiger partial charge in [0.2, 0.25) is 0 Å². The Kier molecular flexibility index (Phi) is 4.77. The van der Waals surface area contributed by atoms with Gasteiger partial charge in [0.1, 0.15) is 22.8 Å². The van der Waals surface area contributed by atoms with Crippen molar-refractivity contribution < 1.29 is 4.39 Å². The van der Waals surface area contributed by atoms with E-state index in [2.05, 4.69) is 21.7 Å². The summed E-state index contributed by atoms with van der Waals surface area (Å²) < 4.78 is 13.1. The number of benzene rings is 1.